The first kappa shape index (κ1) is 15.4. The van der Waals surface area contributed by atoms with Crippen LogP contribution in [0, 0.1) is 0 Å². The third-order valence-corrected chi connectivity index (χ3v) is 3.30. The van der Waals surface area contributed by atoms with E-state index < -0.39 is 0 Å². The highest BCUT2D eigenvalue weighted by molar-refractivity contribution is 5.94. The number of carbonyl (C=O) groups is 1. The predicted molar refractivity (Wildman–Crippen MR) is 95.5 cm³/mol. The molecule has 0 saturated heterocycles. The lowest BCUT2D eigenvalue weighted by Crippen LogP contribution is -2.17. The number of hydrogen-bond acceptors (Lipinski definition) is 4. The van der Waals surface area contributed by atoms with Crippen molar-refractivity contribution in [3.8, 4) is 0 Å². The van der Waals surface area contributed by atoms with Crippen LogP contribution >= 0.6 is 0 Å². The second-order valence-electron chi connectivity index (χ2n) is 5.05. The van der Waals surface area contributed by atoms with Crippen molar-refractivity contribution in [2.24, 2.45) is 5.10 Å². The van der Waals surface area contributed by atoms with Gasteiger partial charge in [-0.15, -0.1) is 0 Å². The summed E-state index contributed by atoms with van der Waals surface area (Å²) in [5, 5.41) is 7.27. The maximum absolute atomic E-state index is 11.8. The van der Waals surface area contributed by atoms with E-state index in [1.54, 1.807) is 30.7 Å². The van der Waals surface area contributed by atoms with Gasteiger partial charge in [-0.3, -0.25) is 9.78 Å². The minimum atomic E-state index is -0.268. The molecule has 0 saturated carbocycles. The first-order valence-electron chi connectivity index (χ1n) is 7.47. The van der Waals surface area contributed by atoms with Crippen LogP contribution in [0.1, 0.15) is 15.9 Å². The van der Waals surface area contributed by atoms with Crippen LogP contribution in [0.15, 0.2) is 84.2 Å². The number of para-hydroxylation sites is 1. The Labute approximate surface area is 140 Å². The summed E-state index contributed by atoms with van der Waals surface area (Å²) in [5.74, 6) is -0.268. The number of benzene rings is 2. The summed E-state index contributed by atoms with van der Waals surface area (Å²) in [5.41, 5.74) is 5.92. The van der Waals surface area contributed by atoms with E-state index in [4.69, 9.17) is 0 Å². The first-order chi connectivity index (χ1) is 11.8. The molecule has 2 N–H and O–H groups in total. The van der Waals surface area contributed by atoms with E-state index in [0.717, 1.165) is 16.9 Å². The molecule has 0 bridgehead atoms. The number of anilines is 2. The molecule has 3 aromatic rings. The molecule has 5 heteroatoms. The van der Waals surface area contributed by atoms with Crippen LogP contribution in [0.25, 0.3) is 0 Å². The van der Waals surface area contributed by atoms with E-state index in [0.29, 0.717) is 5.56 Å². The maximum Gasteiger partial charge on any atom is 0.271 e. The standard InChI is InChI=1S/C19H16N4O/c24-19(16-10-12-20-13-11-16)23-21-14-15-6-8-18(9-7-15)22-17-4-2-1-3-5-17/h1-14,22H,(H,23,24)/b21-14-. The lowest BCUT2D eigenvalue weighted by Gasteiger charge is -2.06. The molecular weight excluding hydrogens is 300 g/mol. The Balaban J connectivity index is 1.57. The van der Waals surface area contributed by atoms with Gasteiger partial charge in [0.15, 0.2) is 0 Å². The van der Waals surface area contributed by atoms with Crippen LogP contribution in [0.5, 0.6) is 0 Å². The van der Waals surface area contributed by atoms with Gasteiger partial charge in [0, 0.05) is 29.3 Å². The van der Waals surface area contributed by atoms with Gasteiger partial charge in [-0.1, -0.05) is 30.3 Å². The molecule has 0 fully saturated rings. The molecule has 0 aliphatic heterocycles. The Bertz CT molecular complexity index is 815. The molecular formula is C19H16N4O. The first-order valence-corrected chi connectivity index (χ1v) is 7.47. The molecule has 1 amide bonds. The summed E-state index contributed by atoms with van der Waals surface area (Å²) in [6.45, 7) is 0. The van der Waals surface area contributed by atoms with Crippen molar-refractivity contribution in [1.29, 1.82) is 0 Å². The smallest absolute Gasteiger partial charge is 0.271 e. The van der Waals surface area contributed by atoms with Gasteiger partial charge in [0.25, 0.3) is 5.91 Å². The van der Waals surface area contributed by atoms with Gasteiger partial charge in [-0.05, 0) is 42.0 Å². The van der Waals surface area contributed by atoms with Crippen molar-refractivity contribution < 1.29 is 4.79 Å². The predicted octanol–water partition coefficient (Wildman–Crippen LogP) is 3.59. The second-order valence-corrected chi connectivity index (χ2v) is 5.05. The number of carbonyl (C=O) groups excluding carboxylic acids is 1. The van der Waals surface area contributed by atoms with Crippen LogP contribution in [-0.4, -0.2) is 17.1 Å². The molecule has 5 nitrogen and oxygen atoms in total. The second kappa shape index (κ2) is 7.69. The lowest BCUT2D eigenvalue weighted by molar-refractivity contribution is 0.0955. The van der Waals surface area contributed by atoms with E-state index in [1.807, 2.05) is 54.6 Å². The van der Waals surface area contributed by atoms with Gasteiger partial charge in [-0.25, -0.2) is 5.43 Å². The van der Waals surface area contributed by atoms with Gasteiger partial charge in [-0.2, -0.15) is 5.10 Å². The monoisotopic (exact) mass is 316 g/mol. The third kappa shape index (κ3) is 4.27. The minimum Gasteiger partial charge on any atom is -0.356 e. The van der Waals surface area contributed by atoms with E-state index in [-0.39, 0.29) is 5.91 Å². The normalized spacial score (nSPS) is 10.5. The van der Waals surface area contributed by atoms with Gasteiger partial charge in [0.05, 0.1) is 6.21 Å². The van der Waals surface area contributed by atoms with E-state index in [2.05, 4.69) is 20.8 Å². The lowest BCUT2D eigenvalue weighted by atomic mass is 10.2. The number of nitrogens with one attached hydrogen (secondary N) is 2. The molecule has 24 heavy (non-hydrogen) atoms. The molecule has 0 aliphatic rings. The van der Waals surface area contributed by atoms with Gasteiger partial charge < -0.3 is 5.32 Å². The number of aromatic nitrogens is 1. The quantitative estimate of drug-likeness (QED) is 0.558. The highest BCUT2D eigenvalue weighted by Crippen LogP contribution is 2.15. The van der Waals surface area contributed by atoms with Crippen molar-refractivity contribution >= 4 is 23.5 Å². The molecule has 1 heterocycles. The van der Waals surface area contributed by atoms with Crippen LogP contribution in [0.2, 0.25) is 0 Å². The van der Waals surface area contributed by atoms with Crippen molar-refractivity contribution in [3.05, 3.63) is 90.3 Å². The van der Waals surface area contributed by atoms with E-state index >= 15 is 0 Å². The molecule has 0 unspecified atom stereocenters. The summed E-state index contributed by atoms with van der Waals surface area (Å²) in [6.07, 6.45) is 4.74. The molecule has 0 aliphatic carbocycles. The zero-order valence-electron chi connectivity index (χ0n) is 12.9. The summed E-state index contributed by atoms with van der Waals surface area (Å²) >= 11 is 0. The Kier molecular flexibility index (Phi) is 4.94. The largest absolute Gasteiger partial charge is 0.356 e. The maximum atomic E-state index is 11.8. The Morgan fingerprint density at radius 1 is 0.875 bits per heavy atom. The molecule has 118 valence electrons. The van der Waals surface area contributed by atoms with Crippen LogP contribution in [0.3, 0.4) is 0 Å². The average molecular weight is 316 g/mol. The summed E-state index contributed by atoms with van der Waals surface area (Å²) in [4.78, 5) is 15.7. The Hall–Kier alpha value is -3.47. The molecule has 1 aromatic heterocycles. The van der Waals surface area contributed by atoms with Crippen LogP contribution in [0.4, 0.5) is 11.4 Å². The number of amides is 1. The van der Waals surface area contributed by atoms with Gasteiger partial charge in [0.2, 0.25) is 0 Å². The topological polar surface area (TPSA) is 66.4 Å². The fourth-order valence-corrected chi connectivity index (χ4v) is 2.07. The number of rotatable bonds is 5. The Morgan fingerprint density at radius 2 is 1.54 bits per heavy atom. The summed E-state index contributed by atoms with van der Waals surface area (Å²) in [7, 11) is 0. The van der Waals surface area contributed by atoms with Crippen molar-refractivity contribution in [3.63, 3.8) is 0 Å². The highest BCUT2D eigenvalue weighted by atomic mass is 16.2. The number of hydrogen-bond donors (Lipinski definition) is 2. The van der Waals surface area contributed by atoms with Crippen molar-refractivity contribution in [1.82, 2.24) is 10.4 Å². The van der Waals surface area contributed by atoms with Crippen molar-refractivity contribution in [2.45, 2.75) is 0 Å². The summed E-state index contributed by atoms with van der Waals surface area (Å²) in [6, 6.07) is 21.0. The van der Waals surface area contributed by atoms with Gasteiger partial charge >= 0.3 is 0 Å². The minimum absolute atomic E-state index is 0.268. The molecule has 0 radical (unpaired) electrons. The number of pyridine rings is 1. The Morgan fingerprint density at radius 3 is 2.25 bits per heavy atom. The van der Waals surface area contributed by atoms with Crippen molar-refractivity contribution in [2.75, 3.05) is 5.32 Å². The van der Waals surface area contributed by atoms with E-state index in [9.17, 15) is 4.79 Å². The molecule has 0 spiro atoms. The van der Waals surface area contributed by atoms with E-state index in [1.165, 1.54) is 0 Å². The number of hydrazone groups is 1. The zero-order valence-corrected chi connectivity index (χ0v) is 12.9. The fraction of sp³-hybridized carbons (Fsp3) is 0. The van der Waals surface area contributed by atoms with Crippen LogP contribution < -0.4 is 10.7 Å². The molecule has 0 atom stereocenters. The summed E-state index contributed by atoms with van der Waals surface area (Å²) < 4.78 is 0. The fourth-order valence-electron chi connectivity index (χ4n) is 2.07. The zero-order chi connectivity index (χ0) is 16.6. The molecule has 2 aromatic carbocycles. The average Bonchev–Trinajstić information content (AvgIpc) is 2.65. The SMILES string of the molecule is O=C(N/N=C\c1ccc(Nc2ccccc2)cc1)c1ccncc1. The third-order valence-electron chi connectivity index (χ3n) is 3.30. The molecule has 3 rings (SSSR count). The number of nitrogens with zero attached hydrogens (tertiary/aromatic N) is 2. The van der Waals surface area contributed by atoms with Crippen LogP contribution in [-0.2, 0) is 0 Å². The van der Waals surface area contributed by atoms with Gasteiger partial charge in [0.1, 0.15) is 0 Å². The highest BCUT2D eigenvalue weighted by Gasteiger charge is 2.01.